The van der Waals surface area contributed by atoms with Crippen molar-refractivity contribution >= 4 is 64.7 Å². The van der Waals surface area contributed by atoms with Gasteiger partial charge in [0, 0.05) is 11.1 Å². The van der Waals surface area contributed by atoms with Crippen LogP contribution in [0, 0.1) is 0 Å². The van der Waals surface area contributed by atoms with Crippen molar-refractivity contribution in [2.75, 3.05) is 0 Å². The van der Waals surface area contributed by atoms with E-state index >= 15 is 0 Å². The van der Waals surface area contributed by atoms with Crippen LogP contribution < -0.4 is 0 Å². The lowest BCUT2D eigenvalue weighted by Crippen LogP contribution is -1.79. The van der Waals surface area contributed by atoms with Gasteiger partial charge < -0.3 is 0 Å². The first kappa shape index (κ1) is 15.4. The van der Waals surface area contributed by atoms with Crippen LogP contribution >= 0.6 is 34.0 Å². The van der Waals surface area contributed by atoms with E-state index in [1.165, 1.54) is 14.1 Å². The summed E-state index contributed by atoms with van der Waals surface area (Å²) in [6.45, 7) is 0. The van der Waals surface area contributed by atoms with Gasteiger partial charge in [-0.15, -0.1) is 34.0 Å². The van der Waals surface area contributed by atoms with E-state index in [0.29, 0.717) is 0 Å². The second-order valence-electron chi connectivity index (χ2n) is 6.22. The minimum atomic E-state index is 1.02. The first-order valence-corrected chi connectivity index (χ1v) is 10.9. The fraction of sp³-hybridized carbons (Fsp3) is 0. The maximum Gasteiger partial charge on any atom is 0.124 e. The summed E-state index contributed by atoms with van der Waals surface area (Å²) in [7, 11) is 0. The zero-order chi connectivity index (χ0) is 17.8. The highest BCUT2D eigenvalue weighted by atomic mass is 32.1. The number of hydrogen-bond acceptors (Lipinski definition) is 6. The number of nitrogens with zero attached hydrogens (tertiary/aromatic N) is 3. The summed E-state index contributed by atoms with van der Waals surface area (Å²) >= 11 is 5.13. The molecular weight excluding hydrogens is 390 g/mol. The molecule has 0 saturated heterocycles. The smallest absolute Gasteiger partial charge is 0.124 e. The van der Waals surface area contributed by atoms with Gasteiger partial charge >= 0.3 is 0 Å². The fourth-order valence-corrected chi connectivity index (χ4v) is 5.89. The zero-order valence-corrected chi connectivity index (χ0v) is 16.4. The van der Waals surface area contributed by atoms with Gasteiger partial charge in [-0.3, -0.25) is 0 Å². The number of rotatable bonds is 2. The van der Waals surface area contributed by atoms with Crippen molar-refractivity contribution in [3.63, 3.8) is 0 Å². The van der Waals surface area contributed by atoms with E-state index in [4.69, 9.17) is 9.97 Å². The largest absolute Gasteiger partial charge is 0.245 e. The second kappa shape index (κ2) is 5.92. The van der Waals surface area contributed by atoms with Crippen molar-refractivity contribution in [2.45, 2.75) is 0 Å². The average molecular weight is 402 g/mol. The summed E-state index contributed by atoms with van der Waals surface area (Å²) < 4.78 is 3.64. The standard InChI is InChI=1S/C21H11N3S3/c1-2-4-17-14(3-1)23-20(26-17)12-5-7-13(8-6-12)21-24-16-9-15-18(25-11-22-15)10-19(16)27-21/h1-11H. The molecule has 0 amide bonds. The zero-order valence-electron chi connectivity index (χ0n) is 13.9. The highest BCUT2D eigenvalue weighted by Gasteiger charge is 2.10. The van der Waals surface area contributed by atoms with Crippen LogP contribution in [0.25, 0.3) is 51.8 Å². The highest BCUT2D eigenvalue weighted by Crippen LogP contribution is 2.35. The van der Waals surface area contributed by atoms with Crippen LogP contribution in [0.5, 0.6) is 0 Å². The minimum Gasteiger partial charge on any atom is -0.245 e. The molecule has 3 aromatic carbocycles. The minimum absolute atomic E-state index is 1.02. The normalized spacial score (nSPS) is 11.7. The van der Waals surface area contributed by atoms with Gasteiger partial charge in [0.1, 0.15) is 10.0 Å². The molecule has 0 atom stereocenters. The number of thiazole rings is 3. The Kier molecular flexibility index (Phi) is 3.38. The predicted octanol–water partition coefficient (Wildman–Crippen LogP) is 6.85. The molecule has 128 valence electrons. The van der Waals surface area contributed by atoms with Crippen molar-refractivity contribution in [1.82, 2.24) is 15.0 Å². The van der Waals surface area contributed by atoms with E-state index in [1.807, 2.05) is 11.6 Å². The molecule has 6 heteroatoms. The molecule has 6 aromatic rings. The fourth-order valence-electron chi connectivity index (χ4n) is 3.15. The molecule has 0 aliphatic carbocycles. The van der Waals surface area contributed by atoms with Gasteiger partial charge in [-0.2, -0.15) is 0 Å². The van der Waals surface area contributed by atoms with Crippen LogP contribution in [0.1, 0.15) is 0 Å². The molecule has 0 N–H and O–H groups in total. The molecule has 6 rings (SSSR count). The van der Waals surface area contributed by atoms with E-state index in [0.717, 1.165) is 37.7 Å². The topological polar surface area (TPSA) is 38.7 Å². The van der Waals surface area contributed by atoms with Gasteiger partial charge in [0.05, 0.1) is 36.2 Å². The molecule has 0 aliphatic rings. The van der Waals surface area contributed by atoms with Gasteiger partial charge in [-0.1, -0.05) is 36.4 Å². The van der Waals surface area contributed by atoms with Crippen molar-refractivity contribution in [2.24, 2.45) is 0 Å². The molecule has 3 heterocycles. The van der Waals surface area contributed by atoms with E-state index in [9.17, 15) is 0 Å². The van der Waals surface area contributed by atoms with Crippen molar-refractivity contribution in [3.8, 4) is 21.1 Å². The maximum atomic E-state index is 4.82. The maximum absolute atomic E-state index is 4.82. The Morgan fingerprint density at radius 1 is 0.593 bits per heavy atom. The van der Waals surface area contributed by atoms with E-state index in [2.05, 4.69) is 59.6 Å². The van der Waals surface area contributed by atoms with Gasteiger partial charge in [0.2, 0.25) is 0 Å². The summed E-state index contributed by atoms with van der Waals surface area (Å²) in [5.41, 5.74) is 7.26. The van der Waals surface area contributed by atoms with Gasteiger partial charge in [0.15, 0.2) is 0 Å². The molecule has 0 bridgehead atoms. The number of benzene rings is 3. The molecule has 27 heavy (non-hydrogen) atoms. The summed E-state index contributed by atoms with van der Waals surface area (Å²) in [6.07, 6.45) is 0. The Labute approximate surface area is 166 Å². The third-order valence-corrected chi connectivity index (χ3v) is 7.46. The Morgan fingerprint density at radius 2 is 1.30 bits per heavy atom. The summed E-state index contributed by atoms with van der Waals surface area (Å²) in [4.78, 5) is 14.0. The molecule has 0 radical (unpaired) electrons. The number of aromatic nitrogens is 3. The van der Waals surface area contributed by atoms with Crippen molar-refractivity contribution < 1.29 is 0 Å². The van der Waals surface area contributed by atoms with Crippen LogP contribution in [0.4, 0.5) is 0 Å². The summed E-state index contributed by atoms with van der Waals surface area (Å²) in [6, 6.07) is 21.1. The van der Waals surface area contributed by atoms with E-state index in [-0.39, 0.29) is 0 Å². The van der Waals surface area contributed by atoms with Crippen LogP contribution in [0.15, 0.2) is 66.2 Å². The quantitative estimate of drug-likeness (QED) is 0.318. The second-order valence-corrected chi connectivity index (χ2v) is 9.17. The SMILES string of the molecule is c1ccc2sc(-c3ccc(-c4nc5cc6ncsc6cc5s4)cc3)nc2c1. The average Bonchev–Trinajstić information content (AvgIpc) is 3.42. The van der Waals surface area contributed by atoms with Gasteiger partial charge in [-0.25, -0.2) is 15.0 Å². The molecule has 3 aromatic heterocycles. The summed E-state index contributed by atoms with van der Waals surface area (Å²) in [5, 5.41) is 2.09. The van der Waals surface area contributed by atoms with Crippen molar-refractivity contribution in [3.05, 3.63) is 66.2 Å². The number of para-hydroxylation sites is 1. The number of fused-ring (bicyclic) bond motifs is 3. The Bertz CT molecular complexity index is 1340. The molecular formula is C21H11N3S3. The number of hydrogen-bond donors (Lipinski definition) is 0. The molecule has 0 unspecified atom stereocenters. The molecule has 0 fully saturated rings. The van der Waals surface area contributed by atoms with Crippen molar-refractivity contribution in [1.29, 1.82) is 0 Å². The molecule has 0 saturated carbocycles. The summed E-state index contributed by atoms with van der Waals surface area (Å²) in [5.74, 6) is 0. The lowest BCUT2D eigenvalue weighted by molar-refractivity contribution is 1.45. The Morgan fingerprint density at radius 3 is 2.07 bits per heavy atom. The third-order valence-electron chi connectivity index (χ3n) is 4.51. The molecule has 0 spiro atoms. The lowest BCUT2D eigenvalue weighted by Gasteiger charge is -1.98. The van der Waals surface area contributed by atoms with E-state index < -0.39 is 0 Å². The van der Waals surface area contributed by atoms with Gasteiger partial charge in [0.25, 0.3) is 0 Å². The van der Waals surface area contributed by atoms with Crippen LogP contribution in [0.2, 0.25) is 0 Å². The Balaban J connectivity index is 1.40. The monoisotopic (exact) mass is 401 g/mol. The Hall–Kier alpha value is -2.67. The predicted molar refractivity (Wildman–Crippen MR) is 117 cm³/mol. The third kappa shape index (κ3) is 2.56. The molecule has 3 nitrogen and oxygen atoms in total. The first-order chi connectivity index (χ1) is 13.3. The lowest BCUT2D eigenvalue weighted by atomic mass is 10.1. The van der Waals surface area contributed by atoms with E-state index in [1.54, 1.807) is 34.0 Å². The highest BCUT2D eigenvalue weighted by molar-refractivity contribution is 7.22. The first-order valence-electron chi connectivity index (χ1n) is 8.44. The van der Waals surface area contributed by atoms with Gasteiger partial charge in [-0.05, 0) is 24.3 Å². The van der Waals surface area contributed by atoms with Crippen LogP contribution in [0.3, 0.4) is 0 Å². The van der Waals surface area contributed by atoms with Crippen LogP contribution in [-0.4, -0.2) is 15.0 Å². The molecule has 0 aliphatic heterocycles. The van der Waals surface area contributed by atoms with Crippen LogP contribution in [-0.2, 0) is 0 Å².